The molecule has 2 aromatic rings. The van der Waals surface area contributed by atoms with E-state index < -0.39 is 10.0 Å². The third-order valence-electron chi connectivity index (χ3n) is 3.46. The van der Waals surface area contributed by atoms with Crippen LogP contribution in [0.25, 0.3) is 0 Å². The van der Waals surface area contributed by atoms with E-state index in [1.807, 2.05) is 26.1 Å². The summed E-state index contributed by atoms with van der Waals surface area (Å²) >= 11 is 0. The molecule has 0 aliphatic rings. The number of imidazole rings is 1. The zero-order valence-corrected chi connectivity index (χ0v) is 13.4. The molecule has 0 fully saturated rings. The molecular formula is C14H20N4O2S. The van der Waals surface area contributed by atoms with Crippen LogP contribution in [0, 0.1) is 6.92 Å². The Labute approximate surface area is 125 Å². The number of aromatic nitrogens is 2. The smallest absolute Gasteiger partial charge is 0.280 e. The van der Waals surface area contributed by atoms with E-state index in [1.165, 1.54) is 6.20 Å². The van der Waals surface area contributed by atoms with Gasteiger partial charge in [-0.05, 0) is 38.6 Å². The van der Waals surface area contributed by atoms with Crippen LogP contribution in [0.3, 0.4) is 0 Å². The van der Waals surface area contributed by atoms with Gasteiger partial charge in [0.2, 0.25) is 0 Å². The first-order valence-corrected chi connectivity index (χ1v) is 8.12. The summed E-state index contributed by atoms with van der Waals surface area (Å²) in [6.07, 6.45) is 1.50. The van der Waals surface area contributed by atoms with E-state index in [0.29, 0.717) is 11.5 Å². The number of hydrogen-bond donors (Lipinski definition) is 2. The number of anilines is 1. The van der Waals surface area contributed by atoms with Gasteiger partial charge in [0.05, 0.1) is 0 Å². The monoisotopic (exact) mass is 308 g/mol. The first kappa shape index (κ1) is 15.5. The molecule has 1 atom stereocenters. The van der Waals surface area contributed by atoms with Crippen molar-refractivity contribution >= 4 is 15.7 Å². The van der Waals surface area contributed by atoms with Gasteiger partial charge in [0.25, 0.3) is 10.0 Å². The number of nitrogens with zero attached hydrogens (tertiary/aromatic N) is 2. The van der Waals surface area contributed by atoms with Gasteiger partial charge in [-0.1, -0.05) is 12.1 Å². The maximum absolute atomic E-state index is 12.2. The quantitative estimate of drug-likeness (QED) is 0.883. The number of aryl methyl sites for hydroxylation is 2. The molecule has 0 radical (unpaired) electrons. The highest BCUT2D eigenvalue weighted by atomic mass is 32.2. The van der Waals surface area contributed by atoms with Gasteiger partial charge in [-0.2, -0.15) is 8.42 Å². The van der Waals surface area contributed by atoms with Crippen LogP contribution in [0.15, 0.2) is 35.5 Å². The molecule has 1 heterocycles. The van der Waals surface area contributed by atoms with Gasteiger partial charge in [0.1, 0.15) is 5.82 Å². The first-order valence-electron chi connectivity index (χ1n) is 6.63. The van der Waals surface area contributed by atoms with Crippen molar-refractivity contribution in [3.63, 3.8) is 0 Å². The number of hydrogen-bond acceptors (Lipinski definition) is 4. The molecule has 0 aliphatic heterocycles. The predicted octanol–water partition coefficient (Wildman–Crippen LogP) is 1.81. The standard InChI is InChI=1S/C14H20N4O2S/c1-10(15-3)12-5-7-13(8-6-12)17-21(19,20)14-9-18(4)11(2)16-14/h5-10,15,17H,1-4H3. The second-order valence-electron chi connectivity index (χ2n) is 4.98. The summed E-state index contributed by atoms with van der Waals surface area (Å²) in [4.78, 5) is 4.04. The lowest BCUT2D eigenvalue weighted by atomic mass is 10.1. The molecule has 1 aromatic carbocycles. The van der Waals surface area contributed by atoms with Crippen LogP contribution in [0.2, 0.25) is 0 Å². The van der Waals surface area contributed by atoms with Crippen molar-refractivity contribution < 1.29 is 8.42 Å². The molecule has 1 unspecified atom stereocenters. The minimum Gasteiger partial charge on any atom is -0.337 e. The Morgan fingerprint density at radius 2 is 1.86 bits per heavy atom. The van der Waals surface area contributed by atoms with Crippen LogP contribution in [0.4, 0.5) is 5.69 Å². The van der Waals surface area contributed by atoms with Crippen LogP contribution in [0.1, 0.15) is 24.4 Å². The van der Waals surface area contributed by atoms with Gasteiger partial charge in [-0.3, -0.25) is 4.72 Å². The molecule has 0 saturated carbocycles. The SMILES string of the molecule is CNC(C)c1ccc(NS(=O)(=O)c2cn(C)c(C)n2)cc1. The average molecular weight is 308 g/mol. The van der Waals surface area contributed by atoms with E-state index in [9.17, 15) is 8.42 Å². The summed E-state index contributed by atoms with van der Waals surface area (Å²) in [6, 6.07) is 7.49. The summed E-state index contributed by atoms with van der Waals surface area (Å²) in [5, 5.41) is 3.16. The Kier molecular flexibility index (Phi) is 4.34. The molecule has 21 heavy (non-hydrogen) atoms. The first-order chi connectivity index (χ1) is 9.83. The van der Waals surface area contributed by atoms with E-state index >= 15 is 0 Å². The summed E-state index contributed by atoms with van der Waals surface area (Å²) in [5.74, 6) is 0.647. The minimum atomic E-state index is -3.65. The molecule has 2 N–H and O–H groups in total. The molecule has 0 aliphatic carbocycles. The van der Waals surface area contributed by atoms with E-state index in [-0.39, 0.29) is 11.1 Å². The summed E-state index contributed by atoms with van der Waals surface area (Å²) in [7, 11) is -0.0124. The lowest BCUT2D eigenvalue weighted by Crippen LogP contribution is -2.14. The highest BCUT2D eigenvalue weighted by Crippen LogP contribution is 2.18. The maximum Gasteiger partial charge on any atom is 0.280 e. The van der Waals surface area contributed by atoms with Gasteiger partial charge >= 0.3 is 0 Å². The van der Waals surface area contributed by atoms with E-state index in [2.05, 4.69) is 15.0 Å². The lowest BCUT2D eigenvalue weighted by Gasteiger charge is -2.11. The molecule has 6 nitrogen and oxygen atoms in total. The van der Waals surface area contributed by atoms with Crippen molar-refractivity contribution in [2.75, 3.05) is 11.8 Å². The van der Waals surface area contributed by atoms with Crippen LogP contribution in [-0.2, 0) is 17.1 Å². The normalized spacial score (nSPS) is 13.1. The highest BCUT2D eigenvalue weighted by Gasteiger charge is 2.18. The Hall–Kier alpha value is -1.86. The molecule has 1 aromatic heterocycles. The third kappa shape index (κ3) is 3.43. The Morgan fingerprint density at radius 1 is 1.24 bits per heavy atom. The molecule has 0 spiro atoms. The summed E-state index contributed by atoms with van der Waals surface area (Å²) in [5.41, 5.74) is 1.61. The summed E-state index contributed by atoms with van der Waals surface area (Å²) < 4.78 is 28.7. The Balaban J connectivity index is 2.20. The van der Waals surface area contributed by atoms with E-state index in [0.717, 1.165) is 5.56 Å². The fourth-order valence-electron chi connectivity index (χ4n) is 1.87. The van der Waals surface area contributed by atoms with Crippen LogP contribution in [0.5, 0.6) is 0 Å². The topological polar surface area (TPSA) is 76.0 Å². The molecular weight excluding hydrogens is 288 g/mol. The second kappa shape index (κ2) is 5.87. The zero-order valence-electron chi connectivity index (χ0n) is 12.6. The van der Waals surface area contributed by atoms with Crippen molar-refractivity contribution in [3.05, 3.63) is 41.9 Å². The zero-order chi connectivity index (χ0) is 15.6. The van der Waals surface area contributed by atoms with Crippen LogP contribution in [-0.4, -0.2) is 25.0 Å². The van der Waals surface area contributed by atoms with Crippen molar-refractivity contribution in [2.24, 2.45) is 7.05 Å². The number of nitrogens with one attached hydrogen (secondary N) is 2. The van der Waals surface area contributed by atoms with Crippen molar-refractivity contribution in [1.82, 2.24) is 14.9 Å². The molecule has 0 amide bonds. The Morgan fingerprint density at radius 3 is 2.33 bits per heavy atom. The molecule has 0 bridgehead atoms. The third-order valence-corrected chi connectivity index (χ3v) is 4.71. The fraction of sp³-hybridized carbons (Fsp3) is 0.357. The highest BCUT2D eigenvalue weighted by molar-refractivity contribution is 7.92. The van der Waals surface area contributed by atoms with Crippen molar-refractivity contribution in [1.29, 1.82) is 0 Å². The summed E-state index contributed by atoms with van der Waals surface area (Å²) in [6.45, 7) is 3.79. The van der Waals surface area contributed by atoms with Gasteiger partial charge < -0.3 is 9.88 Å². The number of rotatable bonds is 5. The van der Waals surface area contributed by atoms with Gasteiger partial charge in [0, 0.05) is 25.0 Å². The molecule has 2 rings (SSSR count). The largest absolute Gasteiger partial charge is 0.337 e. The fourth-order valence-corrected chi connectivity index (χ4v) is 2.97. The molecule has 0 saturated heterocycles. The average Bonchev–Trinajstić information content (AvgIpc) is 2.79. The van der Waals surface area contributed by atoms with E-state index in [1.54, 1.807) is 30.7 Å². The molecule has 7 heteroatoms. The minimum absolute atomic E-state index is 0.0233. The van der Waals surface area contributed by atoms with Gasteiger partial charge in [-0.25, -0.2) is 4.98 Å². The number of sulfonamides is 1. The van der Waals surface area contributed by atoms with Crippen LogP contribution < -0.4 is 10.0 Å². The van der Waals surface area contributed by atoms with E-state index in [4.69, 9.17) is 0 Å². The van der Waals surface area contributed by atoms with Crippen molar-refractivity contribution in [3.8, 4) is 0 Å². The van der Waals surface area contributed by atoms with Crippen LogP contribution >= 0.6 is 0 Å². The molecule has 114 valence electrons. The van der Waals surface area contributed by atoms with Crippen molar-refractivity contribution in [2.45, 2.75) is 24.9 Å². The number of benzene rings is 1. The second-order valence-corrected chi connectivity index (χ2v) is 6.60. The lowest BCUT2D eigenvalue weighted by molar-refractivity contribution is 0.598. The Bertz CT molecular complexity index is 700. The van der Waals surface area contributed by atoms with Gasteiger partial charge in [0.15, 0.2) is 5.03 Å². The maximum atomic E-state index is 12.2. The van der Waals surface area contributed by atoms with Gasteiger partial charge in [-0.15, -0.1) is 0 Å². The predicted molar refractivity (Wildman–Crippen MR) is 82.7 cm³/mol.